The van der Waals surface area contributed by atoms with Crippen LogP contribution in [0, 0.1) is 5.92 Å². The van der Waals surface area contributed by atoms with Crippen molar-refractivity contribution in [2.45, 2.75) is 45.4 Å². The Kier molecular flexibility index (Phi) is 5.66. The fourth-order valence-corrected chi connectivity index (χ4v) is 1.71. The standard InChI is InChI=1S/C11H21NO/c1-2-10-13-12-9-8-11-6-4-3-5-7-11/h8-9,11-12H,2-7,10H2,1H3. The van der Waals surface area contributed by atoms with Gasteiger partial charge in [-0.05, 0) is 25.2 Å². The van der Waals surface area contributed by atoms with Crippen LogP contribution in [0.25, 0.3) is 0 Å². The zero-order chi connectivity index (χ0) is 9.36. The van der Waals surface area contributed by atoms with Gasteiger partial charge in [0.25, 0.3) is 0 Å². The third-order valence-corrected chi connectivity index (χ3v) is 2.48. The summed E-state index contributed by atoms with van der Waals surface area (Å²) in [5.41, 5.74) is 2.85. The molecular weight excluding hydrogens is 162 g/mol. The summed E-state index contributed by atoms with van der Waals surface area (Å²) in [4.78, 5) is 5.14. The SMILES string of the molecule is CCCONC=CC1CCCCC1. The van der Waals surface area contributed by atoms with Gasteiger partial charge in [0.1, 0.15) is 0 Å². The Morgan fingerprint density at radius 3 is 2.77 bits per heavy atom. The first-order valence-corrected chi connectivity index (χ1v) is 5.47. The Hall–Kier alpha value is -0.500. The maximum atomic E-state index is 5.14. The minimum atomic E-state index is 0.784. The predicted molar refractivity (Wildman–Crippen MR) is 55.1 cm³/mol. The van der Waals surface area contributed by atoms with Crippen molar-refractivity contribution in [3.05, 3.63) is 12.3 Å². The lowest BCUT2D eigenvalue weighted by Crippen LogP contribution is -2.09. The lowest BCUT2D eigenvalue weighted by molar-refractivity contribution is 0.0713. The first-order chi connectivity index (χ1) is 6.43. The average molecular weight is 183 g/mol. The van der Waals surface area contributed by atoms with Crippen LogP contribution in [0.3, 0.4) is 0 Å². The van der Waals surface area contributed by atoms with Gasteiger partial charge < -0.3 is 0 Å². The Morgan fingerprint density at radius 2 is 2.08 bits per heavy atom. The number of allylic oxidation sites excluding steroid dienone is 1. The molecule has 2 nitrogen and oxygen atoms in total. The second kappa shape index (κ2) is 6.96. The van der Waals surface area contributed by atoms with Crippen molar-refractivity contribution in [3.8, 4) is 0 Å². The predicted octanol–water partition coefficient (Wildman–Crippen LogP) is 3.01. The van der Waals surface area contributed by atoms with E-state index >= 15 is 0 Å². The molecule has 0 aromatic carbocycles. The summed E-state index contributed by atoms with van der Waals surface area (Å²) in [6, 6.07) is 0. The van der Waals surface area contributed by atoms with Crippen molar-refractivity contribution in [2.75, 3.05) is 6.61 Å². The van der Waals surface area contributed by atoms with E-state index in [-0.39, 0.29) is 0 Å². The maximum absolute atomic E-state index is 5.14. The summed E-state index contributed by atoms with van der Waals surface area (Å²) in [7, 11) is 0. The van der Waals surface area contributed by atoms with E-state index in [1.165, 1.54) is 32.1 Å². The quantitative estimate of drug-likeness (QED) is 0.522. The lowest BCUT2D eigenvalue weighted by atomic mass is 9.89. The van der Waals surface area contributed by atoms with Crippen molar-refractivity contribution >= 4 is 0 Å². The Bertz CT molecular complexity index is 139. The first kappa shape index (κ1) is 10.6. The molecule has 1 aliphatic carbocycles. The molecule has 0 aliphatic heterocycles. The molecule has 13 heavy (non-hydrogen) atoms. The first-order valence-electron chi connectivity index (χ1n) is 5.47. The van der Waals surface area contributed by atoms with E-state index in [0.717, 1.165) is 18.9 Å². The van der Waals surface area contributed by atoms with E-state index in [0.29, 0.717) is 0 Å². The third kappa shape index (κ3) is 4.94. The van der Waals surface area contributed by atoms with Crippen molar-refractivity contribution in [2.24, 2.45) is 5.92 Å². The van der Waals surface area contributed by atoms with E-state index in [1.54, 1.807) is 0 Å². The number of nitrogens with one attached hydrogen (secondary N) is 1. The minimum Gasteiger partial charge on any atom is -0.277 e. The van der Waals surface area contributed by atoms with E-state index in [9.17, 15) is 0 Å². The summed E-state index contributed by atoms with van der Waals surface area (Å²) in [5, 5.41) is 0. The van der Waals surface area contributed by atoms with Crippen LogP contribution in [0.5, 0.6) is 0 Å². The number of hydrogen-bond acceptors (Lipinski definition) is 2. The second-order valence-electron chi connectivity index (χ2n) is 3.72. The van der Waals surface area contributed by atoms with Crippen LogP contribution in [-0.2, 0) is 4.84 Å². The molecule has 0 spiro atoms. The second-order valence-corrected chi connectivity index (χ2v) is 3.72. The number of hydrogen-bond donors (Lipinski definition) is 1. The lowest BCUT2D eigenvalue weighted by Gasteiger charge is -2.17. The molecule has 0 atom stereocenters. The highest BCUT2D eigenvalue weighted by atomic mass is 16.6. The maximum Gasteiger partial charge on any atom is 0.0743 e. The third-order valence-electron chi connectivity index (χ3n) is 2.48. The molecule has 1 rings (SSSR count). The smallest absolute Gasteiger partial charge is 0.0743 e. The number of hydroxylamine groups is 1. The molecule has 0 unspecified atom stereocenters. The summed E-state index contributed by atoms with van der Waals surface area (Å²) in [5.74, 6) is 0.784. The van der Waals surface area contributed by atoms with Crippen LogP contribution in [0.15, 0.2) is 12.3 Å². The molecule has 1 fully saturated rings. The Labute approximate surface area is 81.3 Å². The largest absolute Gasteiger partial charge is 0.277 e. The van der Waals surface area contributed by atoms with Gasteiger partial charge in [-0.1, -0.05) is 32.3 Å². The summed E-state index contributed by atoms with van der Waals surface area (Å²) in [6.07, 6.45) is 12.2. The zero-order valence-electron chi connectivity index (χ0n) is 8.59. The van der Waals surface area contributed by atoms with Crippen LogP contribution < -0.4 is 5.48 Å². The summed E-state index contributed by atoms with van der Waals surface area (Å²) < 4.78 is 0. The van der Waals surface area contributed by atoms with Crippen LogP contribution >= 0.6 is 0 Å². The van der Waals surface area contributed by atoms with E-state index in [2.05, 4.69) is 18.5 Å². The molecule has 0 heterocycles. The molecule has 1 aliphatic rings. The molecule has 0 aromatic rings. The molecule has 0 aromatic heterocycles. The van der Waals surface area contributed by atoms with Crippen molar-refractivity contribution in [3.63, 3.8) is 0 Å². The molecule has 2 heteroatoms. The average Bonchev–Trinajstić information content (AvgIpc) is 2.19. The van der Waals surface area contributed by atoms with Crippen LogP contribution in [0.1, 0.15) is 45.4 Å². The van der Waals surface area contributed by atoms with Gasteiger partial charge in [0.2, 0.25) is 0 Å². The van der Waals surface area contributed by atoms with Gasteiger partial charge >= 0.3 is 0 Å². The van der Waals surface area contributed by atoms with Crippen LogP contribution in [-0.4, -0.2) is 6.61 Å². The van der Waals surface area contributed by atoms with Gasteiger partial charge in [-0.15, -0.1) is 0 Å². The highest BCUT2D eigenvalue weighted by molar-refractivity contribution is 4.86. The molecular formula is C11H21NO. The van der Waals surface area contributed by atoms with Gasteiger partial charge in [0.15, 0.2) is 0 Å². The van der Waals surface area contributed by atoms with Crippen LogP contribution in [0.2, 0.25) is 0 Å². The topological polar surface area (TPSA) is 21.3 Å². The van der Waals surface area contributed by atoms with Crippen molar-refractivity contribution in [1.82, 2.24) is 5.48 Å². The number of rotatable bonds is 5. The highest BCUT2D eigenvalue weighted by Gasteiger charge is 2.09. The monoisotopic (exact) mass is 183 g/mol. The summed E-state index contributed by atoms with van der Waals surface area (Å²) >= 11 is 0. The molecule has 76 valence electrons. The molecule has 1 N–H and O–H groups in total. The zero-order valence-corrected chi connectivity index (χ0v) is 8.59. The van der Waals surface area contributed by atoms with Crippen molar-refractivity contribution < 1.29 is 4.84 Å². The summed E-state index contributed by atoms with van der Waals surface area (Å²) in [6.45, 7) is 2.89. The Morgan fingerprint density at radius 1 is 1.31 bits per heavy atom. The molecule has 0 bridgehead atoms. The van der Waals surface area contributed by atoms with Crippen molar-refractivity contribution in [1.29, 1.82) is 0 Å². The van der Waals surface area contributed by atoms with Gasteiger partial charge in [-0.2, -0.15) is 0 Å². The molecule has 0 saturated heterocycles. The van der Waals surface area contributed by atoms with Gasteiger partial charge in [-0.3, -0.25) is 10.3 Å². The normalized spacial score (nSPS) is 19.5. The minimum absolute atomic E-state index is 0.784. The van der Waals surface area contributed by atoms with Gasteiger partial charge in [-0.25, -0.2) is 0 Å². The van der Waals surface area contributed by atoms with E-state index in [1.807, 2.05) is 6.20 Å². The Balaban J connectivity index is 2.01. The van der Waals surface area contributed by atoms with E-state index < -0.39 is 0 Å². The van der Waals surface area contributed by atoms with E-state index in [4.69, 9.17) is 4.84 Å². The van der Waals surface area contributed by atoms with Gasteiger partial charge in [0, 0.05) is 6.20 Å². The molecule has 0 amide bonds. The highest BCUT2D eigenvalue weighted by Crippen LogP contribution is 2.24. The fourth-order valence-electron chi connectivity index (χ4n) is 1.71. The van der Waals surface area contributed by atoms with Gasteiger partial charge in [0.05, 0.1) is 6.61 Å². The fraction of sp³-hybridized carbons (Fsp3) is 0.818. The molecule has 0 radical (unpaired) electrons. The van der Waals surface area contributed by atoms with Crippen LogP contribution in [0.4, 0.5) is 0 Å². The molecule has 1 saturated carbocycles.